The van der Waals surface area contributed by atoms with E-state index in [4.69, 9.17) is 0 Å². The van der Waals surface area contributed by atoms with Crippen LogP contribution in [0.5, 0.6) is 0 Å². The molecule has 0 radical (unpaired) electrons. The minimum absolute atomic E-state index is 0.165. The number of β-amino-alcohol motifs (C(OH)–C–C–N with tert-alkyl or cyclic N) is 1. The van der Waals surface area contributed by atoms with Gasteiger partial charge in [-0.1, -0.05) is 30.3 Å². The molecule has 2 aromatic carbocycles. The molecule has 2 aliphatic rings. The Hall–Kier alpha value is -3.75. The summed E-state index contributed by atoms with van der Waals surface area (Å²) in [5, 5.41) is 15.9. The molecule has 2 amide bonds. The van der Waals surface area contributed by atoms with Crippen molar-refractivity contribution in [3.8, 4) is 11.1 Å². The van der Waals surface area contributed by atoms with Gasteiger partial charge in [0, 0.05) is 41.8 Å². The zero-order valence-corrected chi connectivity index (χ0v) is 20.1. The molecule has 186 valence electrons. The van der Waals surface area contributed by atoms with E-state index in [1.807, 2.05) is 0 Å². The predicted octanol–water partition coefficient (Wildman–Crippen LogP) is 3.81. The number of aliphatic hydroxyl groups excluding tert-OH is 1. The summed E-state index contributed by atoms with van der Waals surface area (Å²) in [6.45, 7) is 4.47. The number of benzene rings is 2. The van der Waals surface area contributed by atoms with Crippen LogP contribution in [0.2, 0.25) is 0 Å². The molecule has 0 aliphatic carbocycles. The van der Waals surface area contributed by atoms with Gasteiger partial charge in [-0.15, -0.1) is 0 Å². The highest BCUT2D eigenvalue weighted by Crippen LogP contribution is 2.41. The van der Waals surface area contributed by atoms with Crippen molar-refractivity contribution in [2.75, 3.05) is 31.5 Å². The number of rotatable bonds is 7. The maximum atomic E-state index is 14.6. The van der Waals surface area contributed by atoms with Crippen LogP contribution in [-0.2, 0) is 4.79 Å². The fraction of sp³-hybridized carbons (Fsp3) is 0.286. The van der Waals surface area contributed by atoms with E-state index in [9.17, 15) is 19.1 Å². The van der Waals surface area contributed by atoms with Gasteiger partial charge in [-0.3, -0.25) is 9.59 Å². The van der Waals surface area contributed by atoms with E-state index >= 15 is 0 Å². The Morgan fingerprint density at radius 3 is 2.69 bits per heavy atom. The molecule has 7 nitrogen and oxygen atoms in total. The molecule has 8 heteroatoms. The van der Waals surface area contributed by atoms with E-state index in [0.29, 0.717) is 51.3 Å². The second-order valence-corrected chi connectivity index (χ2v) is 9.33. The van der Waals surface area contributed by atoms with Gasteiger partial charge in [-0.05, 0) is 62.2 Å². The number of carbonyl (C=O) groups excluding carboxylic acids is 2. The molecule has 0 bridgehead atoms. The summed E-state index contributed by atoms with van der Waals surface area (Å²) in [6.07, 6.45) is 4.94. The fourth-order valence-corrected chi connectivity index (χ4v) is 4.97. The molecule has 0 spiro atoms. The van der Waals surface area contributed by atoms with Gasteiger partial charge in [0.2, 0.25) is 0 Å². The molecular formula is C28H29FN4O3. The third-order valence-corrected chi connectivity index (χ3v) is 6.87. The Morgan fingerprint density at radius 2 is 1.92 bits per heavy atom. The quantitative estimate of drug-likeness (QED) is 0.380. The lowest BCUT2D eigenvalue weighted by Crippen LogP contribution is -2.39. The van der Waals surface area contributed by atoms with Crippen molar-refractivity contribution < 1.29 is 19.1 Å². The SMILES string of the molecule is Cc1c(C(=O)NCC(O)CN2CCCC2)c[nH]c1/C=C1\C(=O)Nc2cccc(-c3ccccc3F)c21. The van der Waals surface area contributed by atoms with Crippen LogP contribution in [0.1, 0.15) is 40.0 Å². The number of hydrogen-bond acceptors (Lipinski definition) is 4. The second kappa shape index (κ2) is 10.1. The van der Waals surface area contributed by atoms with Gasteiger partial charge in [0.25, 0.3) is 11.8 Å². The van der Waals surface area contributed by atoms with Crippen molar-refractivity contribution in [3.05, 3.63) is 76.9 Å². The van der Waals surface area contributed by atoms with Crippen molar-refractivity contribution in [2.45, 2.75) is 25.9 Å². The number of aromatic amines is 1. The molecule has 2 aliphatic heterocycles. The number of likely N-dealkylation sites (tertiary alicyclic amines) is 1. The third kappa shape index (κ3) is 4.69. The molecule has 3 aromatic rings. The number of aromatic nitrogens is 1. The minimum Gasteiger partial charge on any atom is -0.390 e. The summed E-state index contributed by atoms with van der Waals surface area (Å²) in [5.41, 5.74) is 4.38. The first-order chi connectivity index (χ1) is 17.4. The average molecular weight is 489 g/mol. The Labute approximate surface area is 209 Å². The van der Waals surface area contributed by atoms with E-state index < -0.39 is 6.10 Å². The highest BCUT2D eigenvalue weighted by Gasteiger charge is 2.29. The monoisotopic (exact) mass is 488 g/mol. The number of carbonyl (C=O) groups is 2. The zero-order valence-electron chi connectivity index (χ0n) is 20.1. The molecule has 36 heavy (non-hydrogen) atoms. The normalized spacial score (nSPS) is 17.3. The predicted molar refractivity (Wildman–Crippen MR) is 138 cm³/mol. The van der Waals surface area contributed by atoms with Gasteiger partial charge < -0.3 is 25.6 Å². The Morgan fingerprint density at radius 1 is 1.17 bits per heavy atom. The summed E-state index contributed by atoms with van der Waals surface area (Å²) in [4.78, 5) is 31.0. The fourth-order valence-electron chi connectivity index (χ4n) is 4.97. The molecule has 1 atom stereocenters. The number of nitrogens with zero attached hydrogens (tertiary/aromatic N) is 1. The second-order valence-electron chi connectivity index (χ2n) is 9.33. The van der Waals surface area contributed by atoms with Gasteiger partial charge in [0.15, 0.2) is 0 Å². The van der Waals surface area contributed by atoms with E-state index in [1.54, 1.807) is 55.6 Å². The first-order valence-electron chi connectivity index (χ1n) is 12.2. The molecule has 5 rings (SSSR count). The number of hydrogen-bond donors (Lipinski definition) is 4. The molecule has 4 N–H and O–H groups in total. The van der Waals surface area contributed by atoms with Crippen LogP contribution < -0.4 is 10.6 Å². The van der Waals surface area contributed by atoms with E-state index in [2.05, 4.69) is 20.5 Å². The van der Waals surface area contributed by atoms with Crippen molar-refractivity contribution in [1.82, 2.24) is 15.2 Å². The zero-order chi connectivity index (χ0) is 25.2. The molecule has 3 heterocycles. The van der Waals surface area contributed by atoms with Crippen LogP contribution in [0.3, 0.4) is 0 Å². The first-order valence-corrected chi connectivity index (χ1v) is 12.2. The standard InChI is InChI=1S/C28H29FN4O3/c1-17-22(27(35)31-14-18(34)16-33-11-4-5-12-33)15-30-25(17)13-21-26-20(19-7-2-3-9-23(19)29)8-6-10-24(26)32-28(21)36/h2-3,6-10,13,15,18,30,34H,4-5,11-12,14,16H2,1H3,(H,31,35)(H,32,36)/b21-13-. The highest BCUT2D eigenvalue weighted by molar-refractivity contribution is 6.36. The summed E-state index contributed by atoms with van der Waals surface area (Å²) < 4.78 is 14.6. The lowest BCUT2D eigenvalue weighted by molar-refractivity contribution is -0.110. The number of halogens is 1. The van der Waals surface area contributed by atoms with Crippen LogP contribution in [0.4, 0.5) is 10.1 Å². The van der Waals surface area contributed by atoms with Crippen molar-refractivity contribution in [1.29, 1.82) is 0 Å². The van der Waals surface area contributed by atoms with Crippen LogP contribution in [-0.4, -0.2) is 59.1 Å². The molecule has 1 aromatic heterocycles. The summed E-state index contributed by atoms with van der Waals surface area (Å²) in [5.74, 6) is -0.956. The third-order valence-electron chi connectivity index (χ3n) is 6.87. The maximum absolute atomic E-state index is 14.6. The topological polar surface area (TPSA) is 97.5 Å². The number of amides is 2. The lowest BCUT2D eigenvalue weighted by atomic mass is 9.94. The number of nitrogens with one attached hydrogen (secondary N) is 3. The number of aliphatic hydroxyl groups is 1. The van der Waals surface area contributed by atoms with Gasteiger partial charge in [-0.25, -0.2) is 4.39 Å². The largest absolute Gasteiger partial charge is 0.390 e. The maximum Gasteiger partial charge on any atom is 0.256 e. The number of anilines is 1. The average Bonchev–Trinajstić information content (AvgIpc) is 3.58. The number of H-pyrrole nitrogens is 1. The Balaban J connectivity index is 1.38. The minimum atomic E-state index is -0.636. The summed E-state index contributed by atoms with van der Waals surface area (Å²) >= 11 is 0. The Bertz CT molecular complexity index is 1340. The van der Waals surface area contributed by atoms with Gasteiger partial charge in [0.05, 0.1) is 17.2 Å². The summed E-state index contributed by atoms with van der Waals surface area (Å²) in [7, 11) is 0. The van der Waals surface area contributed by atoms with Gasteiger partial charge in [0.1, 0.15) is 5.82 Å². The van der Waals surface area contributed by atoms with Gasteiger partial charge >= 0.3 is 0 Å². The highest BCUT2D eigenvalue weighted by atomic mass is 19.1. The van der Waals surface area contributed by atoms with Crippen LogP contribution in [0, 0.1) is 12.7 Å². The first kappa shape index (κ1) is 24.0. The Kier molecular flexibility index (Phi) is 6.71. The molecular weight excluding hydrogens is 459 g/mol. The lowest BCUT2D eigenvalue weighted by Gasteiger charge is -2.19. The van der Waals surface area contributed by atoms with E-state index in [0.717, 1.165) is 25.9 Å². The molecule has 1 saturated heterocycles. The van der Waals surface area contributed by atoms with Crippen LogP contribution in [0.25, 0.3) is 22.8 Å². The molecule has 1 fully saturated rings. The van der Waals surface area contributed by atoms with Crippen molar-refractivity contribution in [2.24, 2.45) is 0 Å². The van der Waals surface area contributed by atoms with Gasteiger partial charge in [-0.2, -0.15) is 0 Å². The van der Waals surface area contributed by atoms with Crippen molar-refractivity contribution in [3.63, 3.8) is 0 Å². The van der Waals surface area contributed by atoms with E-state index in [-0.39, 0.29) is 24.2 Å². The molecule has 1 unspecified atom stereocenters. The smallest absolute Gasteiger partial charge is 0.256 e. The van der Waals surface area contributed by atoms with Crippen molar-refractivity contribution >= 4 is 29.2 Å². The number of fused-ring (bicyclic) bond motifs is 1. The summed E-state index contributed by atoms with van der Waals surface area (Å²) in [6, 6.07) is 11.8. The van der Waals surface area contributed by atoms with E-state index in [1.165, 1.54) is 6.07 Å². The molecule has 0 saturated carbocycles. The van der Waals surface area contributed by atoms with Crippen LogP contribution in [0.15, 0.2) is 48.7 Å². The van der Waals surface area contributed by atoms with Crippen LogP contribution >= 0.6 is 0 Å².